The van der Waals surface area contributed by atoms with Gasteiger partial charge in [-0.1, -0.05) is 81.4 Å². The molecular weight excluding hydrogens is 452 g/mol. The average molecular weight is 489 g/mol. The van der Waals surface area contributed by atoms with Crippen molar-refractivity contribution >= 4 is 30.5 Å². The maximum atomic E-state index is 10.8. The van der Waals surface area contributed by atoms with Crippen LogP contribution >= 0.6 is 11.8 Å². The first-order valence-electron chi connectivity index (χ1n) is 11.6. The lowest BCUT2D eigenvalue weighted by Crippen LogP contribution is -2.68. The quantitative estimate of drug-likeness (QED) is 0.628. The van der Waals surface area contributed by atoms with Crippen molar-refractivity contribution in [2.24, 2.45) is 0 Å². The summed E-state index contributed by atoms with van der Waals surface area (Å²) in [5.41, 5.74) is -0.392. The minimum Gasteiger partial charge on any atom is -0.405 e. The van der Waals surface area contributed by atoms with Gasteiger partial charge in [0.15, 0.2) is 5.79 Å². The highest BCUT2D eigenvalue weighted by atomic mass is 32.2. The first-order chi connectivity index (χ1) is 15.6. The Bertz CT molecular complexity index is 878. The normalized spacial score (nSPS) is 29.6. The van der Waals surface area contributed by atoms with Crippen molar-refractivity contribution in [2.75, 3.05) is 12.9 Å². The Morgan fingerprint density at radius 1 is 0.939 bits per heavy atom. The summed E-state index contributed by atoms with van der Waals surface area (Å²) in [6, 6.07) is 21.1. The van der Waals surface area contributed by atoms with Crippen LogP contribution in [0, 0.1) is 0 Å². The molecule has 33 heavy (non-hydrogen) atoms. The van der Waals surface area contributed by atoms with Crippen LogP contribution in [0.5, 0.6) is 0 Å². The fourth-order valence-electron chi connectivity index (χ4n) is 5.15. The molecule has 2 heterocycles. The van der Waals surface area contributed by atoms with E-state index in [2.05, 4.69) is 69.3 Å². The van der Waals surface area contributed by atoms with Gasteiger partial charge in [-0.15, -0.1) is 11.8 Å². The summed E-state index contributed by atoms with van der Waals surface area (Å²) in [6.45, 7) is 10.9. The lowest BCUT2D eigenvalue weighted by atomic mass is 10.0. The first kappa shape index (κ1) is 24.9. The predicted molar refractivity (Wildman–Crippen MR) is 136 cm³/mol. The molecule has 2 aromatic carbocycles. The third-order valence-corrected chi connectivity index (χ3v) is 12.4. The van der Waals surface area contributed by atoms with Crippen LogP contribution in [0.25, 0.3) is 0 Å². The van der Waals surface area contributed by atoms with E-state index in [-0.39, 0.29) is 11.1 Å². The minimum atomic E-state index is -2.71. The molecule has 2 aliphatic heterocycles. The molecule has 5 nitrogen and oxygen atoms in total. The van der Waals surface area contributed by atoms with Crippen LogP contribution < -0.4 is 10.4 Å². The molecule has 0 aliphatic carbocycles. The molecule has 0 saturated carbocycles. The monoisotopic (exact) mass is 488 g/mol. The van der Waals surface area contributed by atoms with Gasteiger partial charge < -0.3 is 23.7 Å². The molecule has 0 bridgehead atoms. The molecule has 0 amide bonds. The molecule has 0 aromatic heterocycles. The molecule has 5 atom stereocenters. The molecule has 2 saturated heterocycles. The van der Waals surface area contributed by atoms with E-state index in [4.69, 9.17) is 18.6 Å². The van der Waals surface area contributed by atoms with E-state index in [1.165, 1.54) is 22.1 Å². The minimum absolute atomic E-state index is 0.130. The van der Waals surface area contributed by atoms with Crippen LogP contribution in [-0.4, -0.2) is 61.9 Å². The second-order valence-corrected chi connectivity index (χ2v) is 15.5. The maximum Gasteiger partial charge on any atom is 0.261 e. The number of thioether (sulfide) groups is 1. The SMILES string of the molecule is CSC1OC(CO[Si](c2ccccc2)(c2ccccc2)C(C)(C)C)[C@@H]2OC(C)(C)O[C@@H]2[C@@H]1O. The zero-order chi connectivity index (χ0) is 23.9. The summed E-state index contributed by atoms with van der Waals surface area (Å²) < 4.78 is 25.7. The number of aliphatic hydroxyl groups is 1. The van der Waals surface area contributed by atoms with Crippen molar-refractivity contribution in [3.63, 3.8) is 0 Å². The highest BCUT2D eigenvalue weighted by Crippen LogP contribution is 2.41. The van der Waals surface area contributed by atoms with Crippen molar-refractivity contribution < 1.29 is 23.7 Å². The molecule has 4 rings (SSSR count). The Hall–Kier alpha value is -1.19. The first-order valence-corrected chi connectivity index (χ1v) is 14.8. The van der Waals surface area contributed by atoms with Gasteiger partial charge in [0.05, 0.1) is 6.61 Å². The van der Waals surface area contributed by atoms with Gasteiger partial charge in [0.2, 0.25) is 0 Å². The second kappa shape index (κ2) is 9.45. The van der Waals surface area contributed by atoms with Gasteiger partial charge in [0.1, 0.15) is 29.9 Å². The van der Waals surface area contributed by atoms with E-state index < -0.39 is 37.9 Å². The number of hydrogen-bond donors (Lipinski definition) is 1. The van der Waals surface area contributed by atoms with Gasteiger partial charge in [-0.2, -0.15) is 0 Å². The average Bonchev–Trinajstić information content (AvgIpc) is 3.12. The highest BCUT2D eigenvalue weighted by Gasteiger charge is 2.56. The van der Waals surface area contributed by atoms with Crippen molar-refractivity contribution in [1.29, 1.82) is 0 Å². The second-order valence-electron chi connectivity index (χ2n) is 10.3. The molecule has 0 spiro atoms. The van der Waals surface area contributed by atoms with Crippen molar-refractivity contribution in [3.8, 4) is 0 Å². The van der Waals surface area contributed by atoms with E-state index >= 15 is 0 Å². The van der Waals surface area contributed by atoms with Crippen LogP contribution in [0.1, 0.15) is 34.6 Å². The molecular formula is C26H36O5SSi. The number of benzene rings is 2. The summed E-state index contributed by atoms with van der Waals surface area (Å²) >= 11 is 1.49. The zero-order valence-electron chi connectivity index (χ0n) is 20.4. The topological polar surface area (TPSA) is 57.2 Å². The fourth-order valence-corrected chi connectivity index (χ4v) is 10.4. The number of fused-ring (bicyclic) bond motifs is 1. The van der Waals surface area contributed by atoms with Crippen LogP contribution in [0.15, 0.2) is 60.7 Å². The molecule has 2 unspecified atom stereocenters. The van der Waals surface area contributed by atoms with E-state index in [1.807, 2.05) is 32.2 Å². The summed E-state index contributed by atoms with van der Waals surface area (Å²) in [6.07, 6.45) is 0.000566. The van der Waals surface area contributed by atoms with Crippen molar-refractivity contribution in [1.82, 2.24) is 0 Å². The molecule has 2 fully saturated rings. The van der Waals surface area contributed by atoms with Gasteiger partial charge >= 0.3 is 0 Å². The predicted octanol–water partition coefficient (Wildman–Crippen LogP) is 3.53. The third kappa shape index (κ3) is 4.69. The van der Waals surface area contributed by atoms with Gasteiger partial charge in [-0.3, -0.25) is 0 Å². The van der Waals surface area contributed by atoms with Gasteiger partial charge in [0.25, 0.3) is 8.32 Å². The van der Waals surface area contributed by atoms with Gasteiger partial charge in [-0.05, 0) is 35.5 Å². The van der Waals surface area contributed by atoms with Crippen LogP contribution in [0.2, 0.25) is 5.04 Å². The number of rotatable bonds is 6. The van der Waals surface area contributed by atoms with Crippen molar-refractivity contribution in [2.45, 2.75) is 75.3 Å². The van der Waals surface area contributed by atoms with E-state index in [0.717, 1.165) is 0 Å². The Kier molecular flexibility index (Phi) is 7.14. The van der Waals surface area contributed by atoms with Crippen LogP contribution in [0.4, 0.5) is 0 Å². The van der Waals surface area contributed by atoms with Gasteiger partial charge in [0, 0.05) is 0 Å². The van der Waals surface area contributed by atoms with E-state index in [9.17, 15) is 5.11 Å². The number of hydrogen-bond acceptors (Lipinski definition) is 6. The lowest BCUT2D eigenvalue weighted by Gasteiger charge is -2.45. The Labute approximate surface area is 202 Å². The highest BCUT2D eigenvalue weighted by molar-refractivity contribution is 7.99. The molecule has 7 heteroatoms. The Balaban J connectivity index is 1.71. The van der Waals surface area contributed by atoms with Crippen LogP contribution in [0.3, 0.4) is 0 Å². The van der Waals surface area contributed by atoms with Crippen molar-refractivity contribution in [3.05, 3.63) is 60.7 Å². The molecule has 0 radical (unpaired) electrons. The fraction of sp³-hybridized carbons (Fsp3) is 0.538. The molecule has 1 N–H and O–H groups in total. The van der Waals surface area contributed by atoms with E-state index in [1.54, 1.807) is 0 Å². The smallest absolute Gasteiger partial charge is 0.261 e. The lowest BCUT2D eigenvalue weighted by molar-refractivity contribution is -0.166. The van der Waals surface area contributed by atoms with Gasteiger partial charge in [-0.25, -0.2) is 0 Å². The van der Waals surface area contributed by atoms with E-state index in [0.29, 0.717) is 6.61 Å². The third-order valence-electron chi connectivity index (χ3n) is 6.57. The molecule has 180 valence electrons. The largest absolute Gasteiger partial charge is 0.405 e. The number of ether oxygens (including phenoxy) is 3. The Morgan fingerprint density at radius 2 is 1.45 bits per heavy atom. The summed E-state index contributed by atoms with van der Waals surface area (Å²) in [7, 11) is -2.71. The van der Waals surface area contributed by atoms with Crippen LogP contribution in [-0.2, 0) is 18.6 Å². The molecule has 2 aliphatic rings. The Morgan fingerprint density at radius 3 is 1.94 bits per heavy atom. The summed E-state index contributed by atoms with van der Waals surface area (Å²) in [5.74, 6) is -0.775. The molecule has 2 aromatic rings. The summed E-state index contributed by atoms with van der Waals surface area (Å²) in [5, 5.41) is 13.1. The standard InChI is InChI=1S/C26H36O5SSi/c1-25(2,3)33(18-13-9-7-10-14-18,19-15-11-8-12-16-19)28-17-20-22-23(31-26(4,5)30-22)21(27)24(29-20)32-6/h7-16,20-24,27H,17H2,1-6H3/t20?,21-,22-,23+,24?/m0/s1. The number of aliphatic hydroxyl groups excluding tert-OH is 1. The zero-order valence-corrected chi connectivity index (χ0v) is 22.2. The summed E-state index contributed by atoms with van der Waals surface area (Å²) in [4.78, 5) is 0. The maximum absolute atomic E-state index is 10.8.